The first-order valence-corrected chi connectivity index (χ1v) is 4.97. The van der Waals surface area contributed by atoms with Crippen LogP contribution in [0.15, 0.2) is 30.3 Å². The summed E-state index contributed by atoms with van der Waals surface area (Å²) in [6, 6.07) is 10.1. The van der Waals surface area contributed by atoms with Crippen LogP contribution in [0.25, 0.3) is 0 Å². The highest BCUT2D eigenvalue weighted by molar-refractivity contribution is 5.58. The van der Waals surface area contributed by atoms with Crippen molar-refractivity contribution in [2.24, 2.45) is 11.8 Å². The van der Waals surface area contributed by atoms with Gasteiger partial charge in [-0.1, -0.05) is 30.3 Å². The molecule has 1 aromatic rings. The Morgan fingerprint density at radius 3 is 2.79 bits per heavy atom. The summed E-state index contributed by atoms with van der Waals surface area (Å²) in [7, 11) is 0. The lowest BCUT2D eigenvalue weighted by Gasteiger charge is -2.02. The zero-order chi connectivity index (χ0) is 9.80. The molecule has 74 valence electrons. The lowest BCUT2D eigenvalue weighted by molar-refractivity contribution is -0.109. The lowest BCUT2D eigenvalue weighted by atomic mass is 10.2. The summed E-state index contributed by atoms with van der Waals surface area (Å²) < 4.78 is 5.52. The van der Waals surface area contributed by atoms with Gasteiger partial charge in [0.1, 0.15) is 6.29 Å². The minimum Gasteiger partial charge on any atom is -0.376 e. The molecule has 2 atom stereocenters. The van der Waals surface area contributed by atoms with E-state index in [4.69, 9.17) is 4.74 Å². The summed E-state index contributed by atoms with van der Waals surface area (Å²) in [5.74, 6) is 0.752. The first-order valence-electron chi connectivity index (χ1n) is 4.97. The highest BCUT2D eigenvalue weighted by Gasteiger charge is 2.36. The van der Waals surface area contributed by atoms with Crippen molar-refractivity contribution in [1.29, 1.82) is 0 Å². The number of hydrogen-bond donors (Lipinski definition) is 0. The summed E-state index contributed by atoms with van der Waals surface area (Å²) in [4.78, 5) is 10.4. The number of benzene rings is 1. The summed E-state index contributed by atoms with van der Waals surface area (Å²) >= 11 is 0. The van der Waals surface area contributed by atoms with Crippen molar-refractivity contribution in [2.75, 3.05) is 6.61 Å². The van der Waals surface area contributed by atoms with E-state index in [1.165, 1.54) is 5.56 Å². The van der Waals surface area contributed by atoms with Gasteiger partial charge in [0.2, 0.25) is 0 Å². The molecule has 1 aliphatic rings. The van der Waals surface area contributed by atoms with Crippen LogP contribution in [0.3, 0.4) is 0 Å². The number of carbonyl (C=O) groups excluding carboxylic acids is 1. The van der Waals surface area contributed by atoms with Crippen LogP contribution in [0.4, 0.5) is 0 Å². The molecule has 0 aromatic heterocycles. The minimum absolute atomic E-state index is 0.269. The van der Waals surface area contributed by atoms with Crippen LogP contribution >= 0.6 is 0 Å². The number of rotatable bonds is 5. The Balaban J connectivity index is 1.67. The van der Waals surface area contributed by atoms with Crippen LogP contribution in [0.2, 0.25) is 0 Å². The molecule has 2 rings (SSSR count). The zero-order valence-corrected chi connectivity index (χ0v) is 8.06. The average Bonchev–Trinajstić information content (AvgIpc) is 2.98. The topological polar surface area (TPSA) is 26.3 Å². The fraction of sp³-hybridized carbons (Fsp3) is 0.417. The van der Waals surface area contributed by atoms with Gasteiger partial charge in [0.25, 0.3) is 0 Å². The van der Waals surface area contributed by atoms with Crippen LogP contribution in [-0.4, -0.2) is 12.9 Å². The van der Waals surface area contributed by atoms with Gasteiger partial charge in [-0.3, -0.25) is 0 Å². The highest BCUT2D eigenvalue weighted by Crippen LogP contribution is 2.36. The third kappa shape index (κ3) is 2.42. The SMILES string of the molecule is O=C[C@@H]1C[C@H]1COCc1ccccc1. The van der Waals surface area contributed by atoms with Crippen LogP contribution < -0.4 is 0 Å². The Bertz CT molecular complexity index is 294. The van der Waals surface area contributed by atoms with Crippen molar-refractivity contribution in [3.63, 3.8) is 0 Å². The van der Waals surface area contributed by atoms with E-state index in [9.17, 15) is 4.79 Å². The average molecular weight is 190 g/mol. The predicted molar refractivity (Wildman–Crippen MR) is 53.8 cm³/mol. The van der Waals surface area contributed by atoms with Gasteiger partial charge >= 0.3 is 0 Å². The van der Waals surface area contributed by atoms with E-state index in [2.05, 4.69) is 0 Å². The third-order valence-corrected chi connectivity index (χ3v) is 2.60. The summed E-state index contributed by atoms with van der Waals surface area (Å²) in [5.41, 5.74) is 1.19. The fourth-order valence-corrected chi connectivity index (χ4v) is 1.53. The molecule has 1 saturated carbocycles. The smallest absolute Gasteiger partial charge is 0.123 e. The predicted octanol–water partition coefficient (Wildman–Crippen LogP) is 2.04. The Morgan fingerprint density at radius 2 is 2.14 bits per heavy atom. The van der Waals surface area contributed by atoms with Gasteiger partial charge in [0, 0.05) is 5.92 Å². The molecule has 1 fully saturated rings. The Labute approximate surface area is 83.9 Å². The van der Waals surface area contributed by atoms with Crippen molar-refractivity contribution in [2.45, 2.75) is 13.0 Å². The van der Waals surface area contributed by atoms with E-state index in [0.29, 0.717) is 12.5 Å². The van der Waals surface area contributed by atoms with Gasteiger partial charge in [-0.15, -0.1) is 0 Å². The molecule has 0 amide bonds. The van der Waals surface area contributed by atoms with Crippen molar-refractivity contribution in [3.8, 4) is 0 Å². The second-order valence-corrected chi connectivity index (χ2v) is 3.80. The quantitative estimate of drug-likeness (QED) is 0.664. The second-order valence-electron chi connectivity index (χ2n) is 3.80. The van der Waals surface area contributed by atoms with Crippen molar-refractivity contribution < 1.29 is 9.53 Å². The Morgan fingerprint density at radius 1 is 1.36 bits per heavy atom. The molecule has 0 N–H and O–H groups in total. The normalized spacial score (nSPS) is 24.6. The Hall–Kier alpha value is -1.15. The van der Waals surface area contributed by atoms with Crippen molar-refractivity contribution >= 4 is 6.29 Å². The second kappa shape index (κ2) is 4.38. The van der Waals surface area contributed by atoms with Crippen molar-refractivity contribution in [1.82, 2.24) is 0 Å². The van der Waals surface area contributed by atoms with Gasteiger partial charge in [-0.2, -0.15) is 0 Å². The van der Waals surface area contributed by atoms with Crippen LogP contribution in [0, 0.1) is 11.8 Å². The van der Waals surface area contributed by atoms with Gasteiger partial charge < -0.3 is 9.53 Å². The number of aldehydes is 1. The van der Waals surface area contributed by atoms with E-state index < -0.39 is 0 Å². The minimum atomic E-state index is 0.269. The van der Waals surface area contributed by atoms with Gasteiger partial charge in [-0.05, 0) is 17.9 Å². The summed E-state index contributed by atoms with van der Waals surface area (Å²) in [6.07, 6.45) is 2.05. The molecule has 2 nitrogen and oxygen atoms in total. The molecule has 0 aliphatic heterocycles. The van der Waals surface area contributed by atoms with E-state index in [1.54, 1.807) is 0 Å². The fourth-order valence-electron chi connectivity index (χ4n) is 1.53. The first-order chi connectivity index (χ1) is 6.90. The molecule has 0 heterocycles. The maximum atomic E-state index is 10.4. The highest BCUT2D eigenvalue weighted by atomic mass is 16.5. The molecule has 2 heteroatoms. The van der Waals surface area contributed by atoms with E-state index in [0.717, 1.165) is 19.3 Å². The number of hydrogen-bond acceptors (Lipinski definition) is 2. The number of carbonyl (C=O) groups is 1. The molecule has 1 aliphatic carbocycles. The molecule has 0 spiro atoms. The zero-order valence-electron chi connectivity index (χ0n) is 8.06. The molecule has 14 heavy (non-hydrogen) atoms. The molecule has 1 aromatic carbocycles. The van der Waals surface area contributed by atoms with Crippen LogP contribution in [0.1, 0.15) is 12.0 Å². The van der Waals surface area contributed by atoms with Gasteiger partial charge in [-0.25, -0.2) is 0 Å². The molecular formula is C12H14O2. The monoisotopic (exact) mass is 190 g/mol. The molecule has 0 bridgehead atoms. The summed E-state index contributed by atoms with van der Waals surface area (Å²) in [5, 5.41) is 0. The van der Waals surface area contributed by atoms with Gasteiger partial charge in [0.05, 0.1) is 13.2 Å². The largest absolute Gasteiger partial charge is 0.376 e. The molecule has 0 saturated heterocycles. The number of ether oxygens (including phenoxy) is 1. The Kier molecular flexibility index (Phi) is 2.94. The van der Waals surface area contributed by atoms with E-state index >= 15 is 0 Å². The van der Waals surface area contributed by atoms with E-state index in [1.807, 2.05) is 30.3 Å². The van der Waals surface area contributed by atoms with E-state index in [-0.39, 0.29) is 5.92 Å². The maximum Gasteiger partial charge on any atom is 0.123 e. The molecular weight excluding hydrogens is 176 g/mol. The van der Waals surface area contributed by atoms with Gasteiger partial charge in [0.15, 0.2) is 0 Å². The van der Waals surface area contributed by atoms with Crippen molar-refractivity contribution in [3.05, 3.63) is 35.9 Å². The van der Waals surface area contributed by atoms with Crippen LogP contribution in [0.5, 0.6) is 0 Å². The summed E-state index contributed by atoms with van der Waals surface area (Å²) in [6.45, 7) is 1.38. The molecule has 0 radical (unpaired) electrons. The first kappa shape index (κ1) is 9.41. The lowest BCUT2D eigenvalue weighted by Crippen LogP contribution is -1.98. The standard InChI is InChI=1S/C12H14O2/c13-7-11-6-12(11)9-14-8-10-4-2-1-3-5-10/h1-5,7,11-12H,6,8-9H2/t11-,12-/m0/s1. The molecule has 0 unspecified atom stereocenters. The maximum absolute atomic E-state index is 10.4. The van der Waals surface area contributed by atoms with Crippen LogP contribution in [-0.2, 0) is 16.1 Å². The third-order valence-electron chi connectivity index (χ3n) is 2.60.